The van der Waals surface area contributed by atoms with Crippen LogP contribution in [-0.2, 0) is 14.3 Å². The van der Waals surface area contributed by atoms with E-state index in [0.29, 0.717) is 11.1 Å². The minimum atomic E-state index is -0.987. The molecule has 1 aliphatic carbocycles. The molecular weight excluding hydrogens is 462 g/mol. The number of thiol groups is 1. The highest BCUT2D eigenvalue weighted by Crippen LogP contribution is 2.29. The topological polar surface area (TPSA) is 87.7 Å². The number of carbonyl (C=O) groups is 3. The van der Waals surface area contributed by atoms with Gasteiger partial charge in [-0.15, -0.1) is 6.42 Å². The summed E-state index contributed by atoms with van der Waals surface area (Å²) in [4.78, 5) is 41.5. The highest BCUT2D eigenvalue weighted by atomic mass is 32.1. The number of nitrogens with zero attached hydrogens (tertiary/aromatic N) is 1. The molecule has 0 bridgehead atoms. The van der Waals surface area contributed by atoms with Gasteiger partial charge in [0.15, 0.2) is 0 Å². The third kappa shape index (κ3) is 8.21. The van der Waals surface area contributed by atoms with Crippen LogP contribution in [0.15, 0.2) is 24.3 Å². The van der Waals surface area contributed by atoms with E-state index in [-0.39, 0.29) is 23.7 Å². The van der Waals surface area contributed by atoms with Gasteiger partial charge in [0.25, 0.3) is 0 Å². The van der Waals surface area contributed by atoms with E-state index in [9.17, 15) is 14.4 Å². The van der Waals surface area contributed by atoms with Crippen molar-refractivity contribution >= 4 is 30.5 Å². The Morgan fingerprint density at radius 3 is 2.34 bits per heavy atom. The van der Waals surface area contributed by atoms with Gasteiger partial charge in [0.05, 0.1) is 0 Å². The molecule has 2 rings (SSSR count). The summed E-state index contributed by atoms with van der Waals surface area (Å²) in [5.74, 6) is 1.97. The van der Waals surface area contributed by atoms with Crippen LogP contribution < -0.4 is 10.6 Å². The lowest BCUT2D eigenvalue weighted by molar-refractivity contribution is -0.144. The number of benzene rings is 1. The van der Waals surface area contributed by atoms with Crippen LogP contribution in [0.1, 0.15) is 83.9 Å². The Morgan fingerprint density at radius 2 is 1.80 bits per heavy atom. The molecule has 1 aromatic carbocycles. The average Bonchev–Trinajstić information content (AvgIpc) is 2.79. The number of hydrogen-bond donors (Lipinski definition) is 3. The summed E-state index contributed by atoms with van der Waals surface area (Å²) in [6, 6.07) is 4.89. The maximum Gasteiger partial charge on any atom is 0.408 e. The molecule has 35 heavy (non-hydrogen) atoms. The smallest absolute Gasteiger partial charge is 0.408 e. The Kier molecular flexibility index (Phi) is 10.5. The van der Waals surface area contributed by atoms with Crippen LogP contribution in [0.25, 0.3) is 0 Å². The number of nitrogens with one attached hydrogen (secondary N) is 2. The lowest BCUT2D eigenvalue weighted by Crippen LogP contribution is -2.56. The Bertz CT molecular complexity index is 929. The summed E-state index contributed by atoms with van der Waals surface area (Å²) >= 11 is 4.31. The van der Waals surface area contributed by atoms with Gasteiger partial charge in [0.2, 0.25) is 11.8 Å². The van der Waals surface area contributed by atoms with E-state index in [1.165, 1.54) is 4.90 Å². The maximum atomic E-state index is 13.8. The second-order valence-electron chi connectivity index (χ2n) is 10.2. The number of carbonyl (C=O) groups excluding carboxylic acids is 3. The molecule has 192 valence electrons. The Morgan fingerprint density at radius 1 is 1.17 bits per heavy atom. The second-order valence-corrected chi connectivity index (χ2v) is 10.6. The van der Waals surface area contributed by atoms with Crippen LogP contribution in [-0.4, -0.2) is 52.3 Å². The van der Waals surface area contributed by atoms with Gasteiger partial charge in [0, 0.05) is 23.4 Å². The lowest BCUT2D eigenvalue weighted by atomic mass is 9.93. The molecule has 1 saturated carbocycles. The number of ether oxygens (including phenoxy) is 1. The molecule has 2 N–H and O–H groups in total. The van der Waals surface area contributed by atoms with Crippen molar-refractivity contribution in [2.45, 2.75) is 96.5 Å². The number of alkyl carbamates (subject to hydrolysis) is 1. The van der Waals surface area contributed by atoms with Crippen molar-refractivity contribution < 1.29 is 19.1 Å². The first-order valence-electron chi connectivity index (χ1n) is 12.3. The van der Waals surface area contributed by atoms with Crippen molar-refractivity contribution in [2.24, 2.45) is 0 Å². The molecule has 1 aliphatic rings. The van der Waals surface area contributed by atoms with Crippen molar-refractivity contribution in [3.8, 4) is 12.3 Å². The molecule has 0 saturated heterocycles. The summed E-state index contributed by atoms with van der Waals surface area (Å²) in [7, 11) is 0. The van der Waals surface area contributed by atoms with Crippen molar-refractivity contribution in [1.82, 2.24) is 15.5 Å². The number of amides is 3. The highest BCUT2D eigenvalue weighted by Gasteiger charge is 2.38. The van der Waals surface area contributed by atoms with Crippen molar-refractivity contribution in [2.75, 3.05) is 5.75 Å². The minimum Gasteiger partial charge on any atom is -0.444 e. The molecule has 2 unspecified atom stereocenters. The largest absolute Gasteiger partial charge is 0.444 e. The van der Waals surface area contributed by atoms with E-state index in [2.05, 4.69) is 29.2 Å². The van der Waals surface area contributed by atoms with E-state index in [1.54, 1.807) is 45.0 Å². The van der Waals surface area contributed by atoms with Crippen LogP contribution in [0.5, 0.6) is 0 Å². The van der Waals surface area contributed by atoms with Gasteiger partial charge < -0.3 is 20.3 Å². The van der Waals surface area contributed by atoms with Gasteiger partial charge in [-0.05, 0) is 59.1 Å². The summed E-state index contributed by atoms with van der Waals surface area (Å²) in [5, 5.41) is 5.77. The van der Waals surface area contributed by atoms with Crippen molar-refractivity contribution in [1.29, 1.82) is 0 Å². The van der Waals surface area contributed by atoms with Crippen LogP contribution >= 0.6 is 12.6 Å². The maximum absolute atomic E-state index is 13.8. The molecule has 0 heterocycles. The first-order valence-corrected chi connectivity index (χ1v) is 12.9. The van der Waals surface area contributed by atoms with Gasteiger partial charge in [0.1, 0.15) is 17.7 Å². The molecule has 8 heteroatoms. The summed E-state index contributed by atoms with van der Waals surface area (Å²) in [6.07, 6.45) is 10.1. The standard InChI is InChI=1S/C27H39N3O4S/c1-7-19-13-11-12-16-21(19)23(24(31)28-20-14-9-8-10-15-20)30(18(2)3)25(32)22(17-35)29-26(33)34-27(4,5)6/h1,11-13,16,18,20,22-23,35H,8-10,14-15,17H2,2-6H3,(H,28,31)(H,29,33). The van der Waals surface area contributed by atoms with Gasteiger partial charge in [-0.25, -0.2) is 4.79 Å². The predicted octanol–water partition coefficient (Wildman–Crippen LogP) is 4.22. The minimum absolute atomic E-state index is 0.0368. The number of hydrogen-bond acceptors (Lipinski definition) is 5. The Labute approximate surface area is 215 Å². The van der Waals surface area contributed by atoms with E-state index >= 15 is 0 Å². The molecule has 0 aromatic heterocycles. The third-order valence-corrected chi connectivity index (χ3v) is 6.24. The molecule has 0 radical (unpaired) electrons. The van der Waals surface area contributed by atoms with Crippen molar-refractivity contribution in [3.05, 3.63) is 35.4 Å². The zero-order valence-corrected chi connectivity index (χ0v) is 22.4. The fourth-order valence-corrected chi connectivity index (χ4v) is 4.55. The predicted molar refractivity (Wildman–Crippen MR) is 141 cm³/mol. The Balaban J connectivity index is 2.44. The fourth-order valence-electron chi connectivity index (χ4n) is 4.31. The molecule has 1 aromatic rings. The van der Waals surface area contributed by atoms with Gasteiger partial charge in [-0.2, -0.15) is 12.6 Å². The summed E-state index contributed by atoms with van der Waals surface area (Å²) < 4.78 is 5.33. The third-order valence-electron chi connectivity index (χ3n) is 5.87. The van der Waals surface area contributed by atoms with E-state index in [0.717, 1.165) is 32.1 Å². The normalized spacial score (nSPS) is 16.1. The molecule has 3 amide bonds. The molecule has 0 spiro atoms. The molecule has 2 atom stereocenters. The van der Waals surface area contributed by atoms with E-state index in [4.69, 9.17) is 11.2 Å². The lowest BCUT2D eigenvalue weighted by Gasteiger charge is -2.38. The summed E-state index contributed by atoms with van der Waals surface area (Å²) in [5.41, 5.74) is 0.387. The molecule has 1 fully saturated rings. The molecular formula is C27H39N3O4S. The van der Waals surface area contributed by atoms with Crippen LogP contribution in [0.3, 0.4) is 0 Å². The van der Waals surface area contributed by atoms with Crippen LogP contribution in [0.4, 0.5) is 4.79 Å². The average molecular weight is 502 g/mol. The van der Waals surface area contributed by atoms with E-state index in [1.807, 2.05) is 13.8 Å². The number of rotatable bonds is 8. The second kappa shape index (κ2) is 12.9. The monoisotopic (exact) mass is 501 g/mol. The highest BCUT2D eigenvalue weighted by molar-refractivity contribution is 7.80. The van der Waals surface area contributed by atoms with Crippen LogP contribution in [0, 0.1) is 12.3 Å². The Hall–Kier alpha value is -2.66. The van der Waals surface area contributed by atoms with Gasteiger partial charge >= 0.3 is 6.09 Å². The molecule has 0 aliphatic heterocycles. The fraction of sp³-hybridized carbons (Fsp3) is 0.593. The van der Waals surface area contributed by atoms with Crippen molar-refractivity contribution in [3.63, 3.8) is 0 Å². The summed E-state index contributed by atoms with van der Waals surface area (Å²) in [6.45, 7) is 8.90. The van der Waals surface area contributed by atoms with Gasteiger partial charge in [-0.3, -0.25) is 9.59 Å². The first-order chi connectivity index (χ1) is 16.5. The quantitative estimate of drug-likeness (QED) is 0.368. The zero-order chi connectivity index (χ0) is 26.2. The van der Waals surface area contributed by atoms with Gasteiger partial charge in [-0.1, -0.05) is 43.4 Å². The number of terminal acetylenes is 1. The SMILES string of the molecule is C#Cc1ccccc1C(C(=O)NC1CCCCC1)N(C(=O)C(CS)NC(=O)OC(C)(C)C)C(C)C. The first kappa shape index (κ1) is 28.6. The van der Waals surface area contributed by atoms with Crippen LogP contribution in [0.2, 0.25) is 0 Å². The molecule has 7 nitrogen and oxygen atoms in total. The van der Waals surface area contributed by atoms with E-state index < -0.39 is 29.7 Å². The zero-order valence-electron chi connectivity index (χ0n) is 21.5.